The summed E-state index contributed by atoms with van der Waals surface area (Å²) in [6.45, 7) is 5.57. The highest BCUT2D eigenvalue weighted by atomic mass is 16.5. The Balaban J connectivity index is 1.30. The predicted octanol–water partition coefficient (Wildman–Crippen LogP) is 7.43. The van der Waals surface area contributed by atoms with Crippen molar-refractivity contribution in [3.05, 3.63) is 60.2 Å². The molecule has 0 N–H and O–H groups in total. The third kappa shape index (κ3) is 9.33. The molecule has 3 nitrogen and oxygen atoms in total. The molecule has 3 heteroatoms. The van der Waals surface area contributed by atoms with Gasteiger partial charge in [0.1, 0.15) is 6.10 Å². The van der Waals surface area contributed by atoms with Crippen molar-refractivity contribution in [3.63, 3.8) is 0 Å². The number of carbonyl (C=O) groups is 1. The smallest absolute Gasteiger partial charge is 0.310 e. The van der Waals surface area contributed by atoms with Crippen molar-refractivity contribution >= 4 is 5.97 Å². The van der Waals surface area contributed by atoms with Gasteiger partial charge in [-0.2, -0.15) is 0 Å². The number of ether oxygens (including phenoxy) is 1. The highest BCUT2D eigenvalue weighted by Crippen LogP contribution is 2.24. The average molecular weight is 450 g/mol. The largest absolute Gasteiger partial charge is 0.462 e. The van der Waals surface area contributed by atoms with E-state index in [9.17, 15) is 4.79 Å². The van der Waals surface area contributed by atoms with E-state index >= 15 is 0 Å². The first-order chi connectivity index (χ1) is 16.3. The summed E-state index contributed by atoms with van der Waals surface area (Å²) >= 11 is 0. The van der Waals surface area contributed by atoms with Crippen LogP contribution in [-0.4, -0.2) is 36.6 Å². The van der Waals surface area contributed by atoms with E-state index in [1.165, 1.54) is 64.3 Å². The minimum absolute atomic E-state index is 0.0701. The molecule has 0 atom stereocenters. The van der Waals surface area contributed by atoms with Crippen LogP contribution in [0.4, 0.5) is 0 Å². The van der Waals surface area contributed by atoms with Crippen LogP contribution in [0.25, 0.3) is 11.1 Å². The second kappa shape index (κ2) is 14.9. The highest BCUT2D eigenvalue weighted by molar-refractivity contribution is 5.78. The molecule has 2 aromatic carbocycles. The summed E-state index contributed by atoms with van der Waals surface area (Å²) in [6, 6.07) is 18.4. The Morgan fingerprint density at radius 2 is 1.42 bits per heavy atom. The third-order valence-corrected chi connectivity index (χ3v) is 6.85. The fourth-order valence-corrected chi connectivity index (χ4v) is 4.85. The van der Waals surface area contributed by atoms with Crippen LogP contribution in [0.5, 0.6) is 0 Å². The number of benzene rings is 2. The Morgan fingerprint density at radius 3 is 2.12 bits per heavy atom. The second-order valence-corrected chi connectivity index (χ2v) is 9.56. The molecule has 0 bridgehead atoms. The summed E-state index contributed by atoms with van der Waals surface area (Å²) in [7, 11) is 0. The van der Waals surface area contributed by atoms with Crippen molar-refractivity contribution in [1.82, 2.24) is 4.90 Å². The van der Waals surface area contributed by atoms with Crippen molar-refractivity contribution in [2.45, 2.75) is 90.1 Å². The molecule has 0 radical (unpaired) electrons. The van der Waals surface area contributed by atoms with Crippen molar-refractivity contribution in [3.8, 4) is 11.1 Å². The van der Waals surface area contributed by atoms with E-state index in [0.29, 0.717) is 6.42 Å². The van der Waals surface area contributed by atoms with Crippen molar-refractivity contribution in [1.29, 1.82) is 0 Å². The van der Waals surface area contributed by atoms with Gasteiger partial charge < -0.3 is 9.64 Å². The molecule has 0 saturated carbocycles. The van der Waals surface area contributed by atoms with Gasteiger partial charge in [0.2, 0.25) is 0 Å². The van der Waals surface area contributed by atoms with E-state index in [1.54, 1.807) is 0 Å². The molecule has 1 saturated heterocycles. The van der Waals surface area contributed by atoms with Gasteiger partial charge in [0.15, 0.2) is 0 Å². The van der Waals surface area contributed by atoms with Gasteiger partial charge in [-0.25, -0.2) is 0 Å². The quantitative estimate of drug-likeness (QED) is 0.222. The van der Waals surface area contributed by atoms with Gasteiger partial charge in [0.25, 0.3) is 0 Å². The van der Waals surface area contributed by atoms with Gasteiger partial charge in [-0.15, -0.1) is 0 Å². The number of carbonyl (C=O) groups excluding carboxylic acids is 1. The number of likely N-dealkylation sites (tertiary alicyclic amines) is 1. The number of esters is 1. The molecule has 0 unspecified atom stereocenters. The zero-order valence-electron chi connectivity index (χ0n) is 20.6. The molecule has 1 fully saturated rings. The maximum Gasteiger partial charge on any atom is 0.310 e. The van der Waals surface area contributed by atoms with E-state index in [0.717, 1.165) is 42.6 Å². The van der Waals surface area contributed by atoms with Gasteiger partial charge in [0.05, 0.1) is 6.42 Å². The maximum absolute atomic E-state index is 12.7. The number of hydrogen-bond acceptors (Lipinski definition) is 3. The standard InChI is InChI=1S/C30H43NO2/c1-2-3-4-5-6-7-8-9-15-22-31-23-20-28(21-24-31)33-30(32)25-27-18-13-14-19-29(27)26-16-11-10-12-17-26/h10-14,16-19,28H,2-9,15,20-25H2,1H3. The fourth-order valence-electron chi connectivity index (χ4n) is 4.85. The van der Waals surface area contributed by atoms with Crippen LogP contribution in [0.3, 0.4) is 0 Å². The van der Waals surface area contributed by atoms with Crippen molar-refractivity contribution < 1.29 is 9.53 Å². The molecule has 33 heavy (non-hydrogen) atoms. The molecule has 0 aromatic heterocycles. The number of rotatable bonds is 14. The number of unbranched alkanes of at least 4 members (excludes halogenated alkanes) is 8. The molecule has 1 heterocycles. The first-order valence-electron chi connectivity index (χ1n) is 13.3. The van der Waals surface area contributed by atoms with Crippen LogP contribution < -0.4 is 0 Å². The summed E-state index contributed by atoms with van der Waals surface area (Å²) in [5.41, 5.74) is 3.30. The molecule has 2 aromatic rings. The Kier molecular flexibility index (Phi) is 11.5. The zero-order valence-corrected chi connectivity index (χ0v) is 20.6. The van der Waals surface area contributed by atoms with Crippen molar-refractivity contribution in [2.24, 2.45) is 0 Å². The maximum atomic E-state index is 12.7. The van der Waals surface area contributed by atoms with E-state index in [1.807, 2.05) is 36.4 Å². The minimum Gasteiger partial charge on any atom is -0.462 e. The van der Waals surface area contributed by atoms with Gasteiger partial charge in [0, 0.05) is 13.1 Å². The van der Waals surface area contributed by atoms with E-state index in [2.05, 4.69) is 30.0 Å². The Labute approximate surface area is 201 Å². The normalized spacial score (nSPS) is 14.9. The summed E-state index contributed by atoms with van der Waals surface area (Å²) in [4.78, 5) is 15.2. The lowest BCUT2D eigenvalue weighted by molar-refractivity contribution is -0.150. The molecule has 1 aliphatic heterocycles. The Morgan fingerprint density at radius 1 is 0.818 bits per heavy atom. The average Bonchev–Trinajstić information content (AvgIpc) is 2.85. The topological polar surface area (TPSA) is 29.5 Å². The Bertz CT molecular complexity index is 796. The third-order valence-electron chi connectivity index (χ3n) is 6.85. The lowest BCUT2D eigenvalue weighted by Crippen LogP contribution is -2.38. The lowest BCUT2D eigenvalue weighted by Gasteiger charge is -2.31. The summed E-state index contributed by atoms with van der Waals surface area (Å²) in [6.07, 6.45) is 14.7. The molecule has 3 rings (SSSR count). The highest BCUT2D eigenvalue weighted by Gasteiger charge is 2.22. The van der Waals surface area contributed by atoms with Gasteiger partial charge in [-0.1, -0.05) is 113 Å². The summed E-state index contributed by atoms with van der Waals surface area (Å²) in [5, 5.41) is 0. The molecular weight excluding hydrogens is 406 g/mol. The van der Waals surface area contributed by atoms with Crippen LogP contribution in [0.2, 0.25) is 0 Å². The van der Waals surface area contributed by atoms with Gasteiger partial charge >= 0.3 is 5.97 Å². The molecule has 0 spiro atoms. The lowest BCUT2D eigenvalue weighted by atomic mass is 9.98. The van der Waals surface area contributed by atoms with Gasteiger partial charge in [-0.05, 0) is 42.5 Å². The first-order valence-corrected chi connectivity index (χ1v) is 13.3. The van der Waals surface area contributed by atoms with Crippen molar-refractivity contribution in [2.75, 3.05) is 19.6 Å². The number of nitrogens with zero attached hydrogens (tertiary/aromatic N) is 1. The van der Waals surface area contributed by atoms with E-state index < -0.39 is 0 Å². The second-order valence-electron chi connectivity index (χ2n) is 9.56. The fraction of sp³-hybridized carbons (Fsp3) is 0.567. The molecular formula is C30H43NO2. The molecule has 1 aliphatic rings. The number of hydrogen-bond donors (Lipinski definition) is 0. The summed E-state index contributed by atoms with van der Waals surface area (Å²) in [5.74, 6) is -0.101. The molecule has 0 aliphatic carbocycles. The van der Waals surface area contributed by atoms with Crippen LogP contribution in [-0.2, 0) is 16.0 Å². The monoisotopic (exact) mass is 449 g/mol. The minimum atomic E-state index is -0.101. The van der Waals surface area contributed by atoms with Crippen LogP contribution in [0.15, 0.2) is 54.6 Å². The molecule has 180 valence electrons. The Hall–Kier alpha value is -2.13. The van der Waals surface area contributed by atoms with E-state index in [-0.39, 0.29) is 12.1 Å². The summed E-state index contributed by atoms with van der Waals surface area (Å²) < 4.78 is 5.87. The van der Waals surface area contributed by atoms with Crippen LogP contribution >= 0.6 is 0 Å². The zero-order chi connectivity index (χ0) is 23.1. The predicted molar refractivity (Wildman–Crippen MR) is 138 cm³/mol. The van der Waals surface area contributed by atoms with Crippen LogP contribution in [0.1, 0.15) is 83.1 Å². The molecule has 0 amide bonds. The van der Waals surface area contributed by atoms with Crippen LogP contribution in [0, 0.1) is 0 Å². The first kappa shape index (κ1) is 25.5. The SMILES string of the molecule is CCCCCCCCCCCN1CCC(OC(=O)Cc2ccccc2-c2ccccc2)CC1. The number of piperidine rings is 1. The van der Waals surface area contributed by atoms with E-state index in [4.69, 9.17) is 4.74 Å². The van der Waals surface area contributed by atoms with Gasteiger partial charge in [-0.3, -0.25) is 4.79 Å².